The summed E-state index contributed by atoms with van der Waals surface area (Å²) in [5, 5.41) is 0.833. The van der Waals surface area contributed by atoms with Gasteiger partial charge >= 0.3 is 0 Å². The molecule has 0 aromatic rings. The van der Waals surface area contributed by atoms with Crippen LogP contribution in [0.2, 0.25) is 0 Å². The van der Waals surface area contributed by atoms with Gasteiger partial charge in [-0.15, -0.1) is 0 Å². The van der Waals surface area contributed by atoms with E-state index in [1.165, 1.54) is 0 Å². The second-order valence-electron chi connectivity index (χ2n) is 1.44. The van der Waals surface area contributed by atoms with Crippen molar-refractivity contribution in [2.24, 2.45) is 0 Å². The Hall–Kier alpha value is -0.373. The fourth-order valence-electron chi connectivity index (χ4n) is 0.542. The van der Waals surface area contributed by atoms with Gasteiger partial charge in [-0.2, -0.15) is 0 Å². The number of halogens is 1. The van der Waals surface area contributed by atoms with Crippen LogP contribution < -0.4 is 0 Å². The van der Waals surface area contributed by atoms with Gasteiger partial charge in [-0.3, -0.25) is 0 Å². The molecule has 7 heavy (non-hydrogen) atoms. The fraction of sp³-hybridized carbons (Fsp3) is 0.200. The molecular weight excluding hydrogens is 107 g/mol. The third-order valence-electron chi connectivity index (χ3n) is 0.910. The largest absolute Gasteiger partial charge is 0.317 e. The highest BCUT2D eigenvalue weighted by atomic mass is 28.3. The van der Waals surface area contributed by atoms with Crippen LogP contribution in [-0.4, -0.2) is 9.85 Å². The maximum Gasteiger partial charge on any atom is 0.247 e. The van der Waals surface area contributed by atoms with Gasteiger partial charge in [0.15, 0.2) is 0 Å². The lowest BCUT2D eigenvalue weighted by atomic mass is 10.5. The minimum Gasteiger partial charge on any atom is -0.317 e. The molecule has 0 bridgehead atoms. The highest BCUT2D eigenvalue weighted by Gasteiger charge is 1.94. The first-order valence-corrected chi connectivity index (χ1v) is 3.50. The standard InChI is InChI=1S/C5H6FSi/c6-7-5-3-1-2-4-5/h1,3H,2,7H2. The number of hydrogen-bond donors (Lipinski definition) is 0. The maximum atomic E-state index is 11.7. The molecule has 0 aromatic carbocycles. The molecule has 1 aliphatic rings. The first kappa shape index (κ1) is 4.78. The Labute approximate surface area is 44.7 Å². The van der Waals surface area contributed by atoms with Gasteiger partial charge in [-0.05, 0) is 17.7 Å². The van der Waals surface area contributed by atoms with Gasteiger partial charge in [0.05, 0.1) is 0 Å². The molecule has 0 heterocycles. The van der Waals surface area contributed by atoms with E-state index in [1.54, 1.807) is 0 Å². The molecular formula is C5H6FSi. The van der Waals surface area contributed by atoms with Crippen molar-refractivity contribution < 1.29 is 4.11 Å². The summed E-state index contributed by atoms with van der Waals surface area (Å²) in [5.41, 5.74) is 0. The highest BCUT2D eigenvalue weighted by Crippen LogP contribution is 2.04. The lowest BCUT2D eigenvalue weighted by Crippen LogP contribution is -1.79. The third kappa shape index (κ3) is 0.995. The van der Waals surface area contributed by atoms with Crippen LogP contribution in [0.5, 0.6) is 0 Å². The Kier molecular flexibility index (Phi) is 1.41. The third-order valence-corrected chi connectivity index (χ3v) is 1.68. The summed E-state index contributed by atoms with van der Waals surface area (Å²) >= 11 is 0. The van der Waals surface area contributed by atoms with Crippen LogP contribution in [0.3, 0.4) is 0 Å². The summed E-state index contributed by atoms with van der Waals surface area (Å²) in [4.78, 5) is 0. The molecule has 0 spiro atoms. The Morgan fingerprint density at radius 3 is 3.00 bits per heavy atom. The molecule has 1 rings (SSSR count). The van der Waals surface area contributed by atoms with Crippen LogP contribution in [0.4, 0.5) is 4.11 Å². The SMILES string of the molecule is F[SiH2]C1=[C]CC=C1. The van der Waals surface area contributed by atoms with Crippen molar-refractivity contribution in [3.05, 3.63) is 23.4 Å². The van der Waals surface area contributed by atoms with Gasteiger partial charge < -0.3 is 4.11 Å². The van der Waals surface area contributed by atoms with Gasteiger partial charge in [0.25, 0.3) is 0 Å². The van der Waals surface area contributed by atoms with E-state index in [0.29, 0.717) is 0 Å². The van der Waals surface area contributed by atoms with E-state index >= 15 is 0 Å². The molecule has 0 saturated carbocycles. The van der Waals surface area contributed by atoms with E-state index in [2.05, 4.69) is 6.08 Å². The number of allylic oxidation sites excluding steroid dienone is 4. The molecule has 1 radical (unpaired) electrons. The van der Waals surface area contributed by atoms with Crippen molar-refractivity contribution in [3.63, 3.8) is 0 Å². The summed E-state index contributed by atoms with van der Waals surface area (Å²) in [6.07, 6.45) is 7.48. The molecule has 0 aliphatic heterocycles. The van der Waals surface area contributed by atoms with E-state index < -0.39 is 9.85 Å². The minimum atomic E-state index is -1.39. The summed E-state index contributed by atoms with van der Waals surface area (Å²) < 4.78 is 11.7. The molecule has 0 unspecified atom stereocenters. The summed E-state index contributed by atoms with van der Waals surface area (Å²) in [7, 11) is -1.39. The molecule has 0 nitrogen and oxygen atoms in total. The minimum absolute atomic E-state index is 0.826. The Bertz CT molecular complexity index is 115. The molecule has 0 saturated heterocycles. The van der Waals surface area contributed by atoms with Crippen LogP contribution in [0.25, 0.3) is 0 Å². The van der Waals surface area contributed by atoms with Crippen LogP contribution in [0, 0.1) is 6.08 Å². The number of rotatable bonds is 1. The second kappa shape index (κ2) is 2.07. The zero-order valence-corrected chi connectivity index (χ0v) is 5.36. The molecule has 0 N–H and O–H groups in total. The maximum absolute atomic E-state index is 11.7. The van der Waals surface area contributed by atoms with Gasteiger partial charge in [-0.25, -0.2) is 0 Å². The van der Waals surface area contributed by atoms with Crippen molar-refractivity contribution in [2.45, 2.75) is 6.42 Å². The zero-order valence-electron chi connectivity index (χ0n) is 3.95. The summed E-state index contributed by atoms with van der Waals surface area (Å²) in [6, 6.07) is 0. The molecule has 2 heteroatoms. The van der Waals surface area contributed by atoms with Crippen LogP contribution >= 0.6 is 0 Å². The van der Waals surface area contributed by atoms with E-state index in [-0.39, 0.29) is 0 Å². The predicted octanol–water partition coefficient (Wildman–Crippen LogP) is 0.687. The summed E-state index contributed by atoms with van der Waals surface area (Å²) in [5.74, 6) is 0. The van der Waals surface area contributed by atoms with E-state index in [1.807, 2.05) is 12.2 Å². The average molecular weight is 113 g/mol. The normalized spacial score (nSPS) is 19.3. The quantitative estimate of drug-likeness (QED) is 0.346. The van der Waals surface area contributed by atoms with Crippen molar-refractivity contribution in [1.29, 1.82) is 0 Å². The monoisotopic (exact) mass is 113 g/mol. The second-order valence-corrected chi connectivity index (χ2v) is 2.47. The first-order chi connectivity index (χ1) is 3.43. The molecule has 0 fully saturated rings. The number of hydrogen-bond acceptors (Lipinski definition) is 0. The van der Waals surface area contributed by atoms with E-state index in [0.717, 1.165) is 11.6 Å². The van der Waals surface area contributed by atoms with Crippen molar-refractivity contribution >= 4 is 9.85 Å². The van der Waals surface area contributed by atoms with Gasteiger partial charge in [-0.1, -0.05) is 12.2 Å². The van der Waals surface area contributed by atoms with Crippen LogP contribution in [-0.2, 0) is 0 Å². The van der Waals surface area contributed by atoms with Gasteiger partial charge in [0, 0.05) is 0 Å². The van der Waals surface area contributed by atoms with Crippen LogP contribution in [0.1, 0.15) is 6.42 Å². The lowest BCUT2D eigenvalue weighted by molar-refractivity contribution is 0.879. The molecule has 1 aliphatic carbocycles. The van der Waals surface area contributed by atoms with Crippen molar-refractivity contribution in [1.82, 2.24) is 0 Å². The van der Waals surface area contributed by atoms with Crippen LogP contribution in [0.15, 0.2) is 17.3 Å². The van der Waals surface area contributed by atoms with Crippen molar-refractivity contribution in [3.8, 4) is 0 Å². The highest BCUT2D eigenvalue weighted by molar-refractivity contribution is 6.38. The Morgan fingerprint density at radius 1 is 1.86 bits per heavy atom. The Balaban J connectivity index is 2.52. The smallest absolute Gasteiger partial charge is 0.247 e. The lowest BCUT2D eigenvalue weighted by Gasteiger charge is -1.78. The predicted molar refractivity (Wildman–Crippen MR) is 30.2 cm³/mol. The molecule has 0 aromatic heterocycles. The Morgan fingerprint density at radius 2 is 2.71 bits per heavy atom. The van der Waals surface area contributed by atoms with Crippen molar-refractivity contribution in [2.75, 3.05) is 0 Å². The molecule has 37 valence electrons. The summed E-state index contributed by atoms with van der Waals surface area (Å²) in [6.45, 7) is 0. The van der Waals surface area contributed by atoms with Gasteiger partial charge in [0.1, 0.15) is 0 Å². The first-order valence-electron chi connectivity index (χ1n) is 2.25. The zero-order chi connectivity index (χ0) is 5.11. The molecule has 0 amide bonds. The van der Waals surface area contributed by atoms with Gasteiger partial charge in [0.2, 0.25) is 9.85 Å². The fourth-order valence-corrected chi connectivity index (χ4v) is 1.04. The topological polar surface area (TPSA) is 0 Å². The van der Waals surface area contributed by atoms with E-state index in [9.17, 15) is 4.11 Å². The van der Waals surface area contributed by atoms with E-state index in [4.69, 9.17) is 0 Å². The average Bonchev–Trinajstić information content (AvgIpc) is 2.14. The molecule has 0 atom stereocenters.